The molecule has 24 heavy (non-hydrogen) atoms. The van der Waals surface area contributed by atoms with Crippen LogP contribution >= 0.6 is 0 Å². The van der Waals surface area contributed by atoms with E-state index in [1.54, 1.807) is 17.1 Å². The van der Waals surface area contributed by atoms with Gasteiger partial charge in [0.2, 0.25) is 17.6 Å². The maximum absolute atomic E-state index is 12.1. The Morgan fingerprint density at radius 3 is 2.88 bits per heavy atom. The molecule has 0 saturated heterocycles. The van der Waals surface area contributed by atoms with Crippen molar-refractivity contribution in [3.8, 4) is 11.5 Å². The molecule has 3 aromatic rings. The van der Waals surface area contributed by atoms with Gasteiger partial charge in [-0.2, -0.15) is 4.98 Å². The number of imidazole rings is 1. The molecular formula is C17H17N5O2. The summed E-state index contributed by atoms with van der Waals surface area (Å²) in [5.41, 5.74) is 2.53. The Bertz CT molecular complexity index is 861. The Balaban J connectivity index is 1.40. The smallest absolute Gasteiger partial charge is 0.244 e. The van der Waals surface area contributed by atoms with Gasteiger partial charge in [-0.15, -0.1) is 0 Å². The van der Waals surface area contributed by atoms with Crippen molar-refractivity contribution < 1.29 is 9.32 Å². The third-order valence-corrected chi connectivity index (χ3v) is 3.89. The first-order valence-electron chi connectivity index (χ1n) is 7.89. The highest BCUT2D eigenvalue weighted by atomic mass is 16.5. The molecule has 1 fully saturated rings. The maximum Gasteiger partial charge on any atom is 0.244 e. The van der Waals surface area contributed by atoms with E-state index in [-0.39, 0.29) is 12.5 Å². The van der Waals surface area contributed by atoms with Crippen LogP contribution in [0.2, 0.25) is 0 Å². The summed E-state index contributed by atoms with van der Waals surface area (Å²) in [7, 11) is 0. The predicted octanol–water partition coefficient (Wildman–Crippen LogP) is 2.76. The third-order valence-electron chi connectivity index (χ3n) is 3.89. The molecule has 7 heteroatoms. The van der Waals surface area contributed by atoms with Crippen LogP contribution < -0.4 is 5.32 Å². The fraction of sp³-hybridized carbons (Fsp3) is 0.294. The molecule has 1 saturated carbocycles. The van der Waals surface area contributed by atoms with Crippen LogP contribution in [0, 0.1) is 6.92 Å². The maximum atomic E-state index is 12.1. The number of amides is 1. The molecule has 4 rings (SSSR count). The molecule has 1 amide bonds. The molecule has 0 aliphatic heterocycles. The number of anilines is 1. The summed E-state index contributed by atoms with van der Waals surface area (Å²) in [5, 5.41) is 6.81. The van der Waals surface area contributed by atoms with Crippen molar-refractivity contribution in [1.29, 1.82) is 0 Å². The molecule has 122 valence electrons. The molecular weight excluding hydrogens is 306 g/mol. The number of nitrogens with zero attached hydrogens (tertiary/aromatic N) is 4. The lowest BCUT2D eigenvalue weighted by Crippen LogP contribution is -2.17. The summed E-state index contributed by atoms with van der Waals surface area (Å²) >= 11 is 0. The Morgan fingerprint density at radius 2 is 2.12 bits per heavy atom. The van der Waals surface area contributed by atoms with Gasteiger partial charge in [0.25, 0.3) is 0 Å². The Morgan fingerprint density at radius 1 is 1.33 bits per heavy atom. The van der Waals surface area contributed by atoms with Crippen LogP contribution in [0.3, 0.4) is 0 Å². The Labute approximate surface area is 138 Å². The molecule has 0 bridgehead atoms. The highest BCUT2D eigenvalue weighted by Crippen LogP contribution is 2.39. The van der Waals surface area contributed by atoms with Gasteiger partial charge in [0.05, 0.1) is 6.33 Å². The van der Waals surface area contributed by atoms with Crippen molar-refractivity contribution in [3.63, 3.8) is 0 Å². The normalized spacial score (nSPS) is 13.9. The standard InChI is InChI=1S/C17H17N5O2/c1-11-2-6-13(7-3-11)19-15(23)9-22-8-14(18-10-22)16-20-17(24-21-16)12-4-5-12/h2-3,6-8,10,12H,4-5,9H2,1H3,(H,19,23). The zero-order valence-corrected chi connectivity index (χ0v) is 13.3. The van der Waals surface area contributed by atoms with E-state index >= 15 is 0 Å². The number of aryl methyl sites for hydroxylation is 1. The summed E-state index contributed by atoms with van der Waals surface area (Å²) in [6.07, 6.45) is 5.55. The summed E-state index contributed by atoms with van der Waals surface area (Å²) < 4.78 is 6.93. The molecule has 1 aromatic carbocycles. The number of hydrogen-bond donors (Lipinski definition) is 1. The number of carbonyl (C=O) groups excluding carboxylic acids is 1. The minimum absolute atomic E-state index is 0.116. The van der Waals surface area contributed by atoms with Crippen molar-refractivity contribution >= 4 is 11.6 Å². The fourth-order valence-electron chi connectivity index (χ4n) is 2.40. The first kappa shape index (κ1) is 14.6. The largest absolute Gasteiger partial charge is 0.339 e. The second-order valence-corrected chi connectivity index (χ2v) is 6.08. The van der Waals surface area contributed by atoms with Gasteiger partial charge in [0.15, 0.2) is 0 Å². The average molecular weight is 323 g/mol. The molecule has 0 unspecified atom stereocenters. The summed E-state index contributed by atoms with van der Waals surface area (Å²) in [4.78, 5) is 20.7. The number of rotatable bonds is 5. The van der Waals surface area contributed by atoms with Crippen molar-refractivity contribution in [2.45, 2.75) is 32.2 Å². The molecule has 0 spiro atoms. The lowest BCUT2D eigenvalue weighted by Gasteiger charge is -2.05. The van der Waals surface area contributed by atoms with Gasteiger partial charge >= 0.3 is 0 Å². The van der Waals surface area contributed by atoms with E-state index in [1.807, 2.05) is 31.2 Å². The van der Waals surface area contributed by atoms with E-state index < -0.39 is 0 Å². The van der Waals surface area contributed by atoms with Crippen LogP contribution in [0.4, 0.5) is 5.69 Å². The number of carbonyl (C=O) groups is 1. The van der Waals surface area contributed by atoms with E-state index in [0.29, 0.717) is 23.3 Å². The van der Waals surface area contributed by atoms with Crippen LogP contribution in [0.15, 0.2) is 41.3 Å². The number of nitrogens with one attached hydrogen (secondary N) is 1. The second kappa shape index (κ2) is 5.92. The number of hydrogen-bond acceptors (Lipinski definition) is 5. The van der Waals surface area contributed by atoms with Crippen molar-refractivity contribution in [3.05, 3.63) is 48.2 Å². The quantitative estimate of drug-likeness (QED) is 0.780. The van der Waals surface area contributed by atoms with Gasteiger partial charge in [-0.25, -0.2) is 4.98 Å². The van der Waals surface area contributed by atoms with Gasteiger partial charge in [-0.1, -0.05) is 22.9 Å². The zero-order chi connectivity index (χ0) is 16.5. The Kier molecular flexibility index (Phi) is 3.60. The third kappa shape index (κ3) is 3.19. The van der Waals surface area contributed by atoms with Crippen molar-refractivity contribution in [2.24, 2.45) is 0 Å². The average Bonchev–Trinajstić information content (AvgIpc) is 3.11. The molecule has 2 aromatic heterocycles. The number of aromatic nitrogens is 4. The molecule has 1 aliphatic rings. The van der Waals surface area contributed by atoms with Crippen LogP contribution in [0.25, 0.3) is 11.5 Å². The molecule has 0 radical (unpaired) electrons. The fourth-order valence-corrected chi connectivity index (χ4v) is 2.40. The highest BCUT2D eigenvalue weighted by Gasteiger charge is 2.30. The predicted molar refractivity (Wildman–Crippen MR) is 87.3 cm³/mol. The van der Waals surface area contributed by atoms with Gasteiger partial charge < -0.3 is 14.4 Å². The van der Waals surface area contributed by atoms with Crippen LogP contribution in [-0.2, 0) is 11.3 Å². The molecule has 7 nitrogen and oxygen atoms in total. The van der Waals surface area contributed by atoms with E-state index in [9.17, 15) is 4.79 Å². The number of benzene rings is 1. The zero-order valence-electron chi connectivity index (χ0n) is 13.3. The van der Waals surface area contributed by atoms with Gasteiger partial charge in [-0.05, 0) is 31.9 Å². The van der Waals surface area contributed by atoms with E-state index in [1.165, 1.54) is 0 Å². The minimum Gasteiger partial charge on any atom is -0.339 e. The molecule has 0 atom stereocenters. The van der Waals surface area contributed by atoms with Gasteiger partial charge in [0, 0.05) is 17.8 Å². The van der Waals surface area contributed by atoms with E-state index in [2.05, 4.69) is 20.4 Å². The molecule has 2 heterocycles. The minimum atomic E-state index is -0.116. The topological polar surface area (TPSA) is 85.8 Å². The van der Waals surface area contributed by atoms with Gasteiger partial charge in [-0.3, -0.25) is 4.79 Å². The first-order valence-corrected chi connectivity index (χ1v) is 7.89. The van der Waals surface area contributed by atoms with Gasteiger partial charge in [0.1, 0.15) is 12.2 Å². The molecule has 1 aliphatic carbocycles. The van der Waals surface area contributed by atoms with Crippen LogP contribution in [0.1, 0.15) is 30.2 Å². The first-order chi connectivity index (χ1) is 11.7. The second-order valence-electron chi connectivity index (χ2n) is 6.08. The summed E-state index contributed by atoms with van der Waals surface area (Å²) in [5.74, 6) is 1.44. The summed E-state index contributed by atoms with van der Waals surface area (Å²) in [6, 6.07) is 7.67. The summed E-state index contributed by atoms with van der Waals surface area (Å²) in [6.45, 7) is 2.18. The highest BCUT2D eigenvalue weighted by molar-refractivity contribution is 5.90. The van der Waals surface area contributed by atoms with E-state index in [4.69, 9.17) is 4.52 Å². The monoisotopic (exact) mass is 323 g/mol. The molecule has 1 N–H and O–H groups in total. The Hall–Kier alpha value is -2.96. The van der Waals surface area contributed by atoms with Crippen molar-refractivity contribution in [2.75, 3.05) is 5.32 Å². The lowest BCUT2D eigenvalue weighted by molar-refractivity contribution is -0.116. The lowest BCUT2D eigenvalue weighted by atomic mass is 10.2. The van der Waals surface area contributed by atoms with E-state index in [0.717, 1.165) is 24.1 Å². The SMILES string of the molecule is Cc1ccc(NC(=O)Cn2cnc(-c3noc(C4CC4)n3)c2)cc1. The van der Waals surface area contributed by atoms with Crippen molar-refractivity contribution in [1.82, 2.24) is 19.7 Å². The van der Waals surface area contributed by atoms with Crippen LogP contribution in [0.5, 0.6) is 0 Å². The van der Waals surface area contributed by atoms with Crippen LogP contribution in [-0.4, -0.2) is 25.6 Å².